The van der Waals surface area contributed by atoms with Crippen molar-refractivity contribution in [3.8, 4) is 0 Å². The molecule has 0 bridgehead atoms. The van der Waals surface area contributed by atoms with Crippen LogP contribution in [0.1, 0.15) is 40.1 Å². The second-order valence-electron chi connectivity index (χ2n) is 4.49. The Labute approximate surface area is 105 Å². The van der Waals surface area contributed by atoms with Gasteiger partial charge in [-0.3, -0.25) is 0 Å². The number of nitrogens with zero attached hydrogens (tertiary/aromatic N) is 1. The maximum atomic E-state index is 9.91. The van der Waals surface area contributed by atoms with Crippen molar-refractivity contribution in [3.63, 3.8) is 0 Å². The van der Waals surface area contributed by atoms with Gasteiger partial charge in [-0.05, 0) is 24.8 Å². The van der Waals surface area contributed by atoms with E-state index in [0.29, 0.717) is 0 Å². The van der Waals surface area contributed by atoms with Crippen LogP contribution in [0.2, 0.25) is 0 Å². The second-order valence-corrected chi connectivity index (χ2v) is 5.60. The summed E-state index contributed by atoms with van der Waals surface area (Å²) in [5.41, 5.74) is 2.41. The molecule has 1 aromatic heterocycles. The molecule has 0 saturated heterocycles. The Kier molecular flexibility index (Phi) is 2.95. The summed E-state index contributed by atoms with van der Waals surface area (Å²) in [6.07, 6.45) is 3.58. The maximum absolute atomic E-state index is 9.91. The highest BCUT2D eigenvalue weighted by Gasteiger charge is 2.22. The van der Waals surface area contributed by atoms with Gasteiger partial charge in [0.15, 0.2) is 0 Å². The van der Waals surface area contributed by atoms with Crippen LogP contribution in [-0.2, 0) is 12.8 Å². The fourth-order valence-electron chi connectivity index (χ4n) is 2.29. The third-order valence-corrected chi connectivity index (χ3v) is 4.36. The maximum Gasteiger partial charge on any atom is 0.0975 e. The van der Waals surface area contributed by atoms with Gasteiger partial charge in [-0.2, -0.15) is 0 Å². The monoisotopic (exact) mass is 245 g/mol. The summed E-state index contributed by atoms with van der Waals surface area (Å²) in [5, 5.41) is 11.0. The fraction of sp³-hybridized carbons (Fsp3) is 0.357. The molecule has 0 radical (unpaired) electrons. The minimum atomic E-state index is -0.277. The molecular weight excluding hydrogens is 230 g/mol. The number of rotatable bonds is 2. The Morgan fingerprint density at radius 3 is 2.88 bits per heavy atom. The van der Waals surface area contributed by atoms with Gasteiger partial charge >= 0.3 is 0 Å². The molecule has 17 heavy (non-hydrogen) atoms. The standard InChI is InChI=1S/C14H15NOS/c16-12-8-4-7-11-14(12)17-13(15-11)9-10-5-2-1-3-6-10/h1-3,5-6,12,16H,4,7-9H2. The predicted molar refractivity (Wildman–Crippen MR) is 69.3 cm³/mol. The zero-order chi connectivity index (χ0) is 11.7. The van der Waals surface area contributed by atoms with Crippen LogP contribution >= 0.6 is 11.3 Å². The first kappa shape index (κ1) is 10.9. The summed E-state index contributed by atoms with van der Waals surface area (Å²) in [6.45, 7) is 0. The number of aryl methyl sites for hydroxylation is 1. The highest BCUT2D eigenvalue weighted by molar-refractivity contribution is 7.11. The predicted octanol–water partition coefficient (Wildman–Crippen LogP) is 3.10. The number of hydrogen-bond acceptors (Lipinski definition) is 3. The topological polar surface area (TPSA) is 33.1 Å². The summed E-state index contributed by atoms with van der Waals surface area (Å²) in [4.78, 5) is 5.75. The normalized spacial score (nSPS) is 19.0. The third-order valence-electron chi connectivity index (χ3n) is 3.16. The molecule has 0 fully saturated rings. The van der Waals surface area contributed by atoms with Crippen molar-refractivity contribution in [2.45, 2.75) is 31.8 Å². The lowest BCUT2D eigenvalue weighted by atomic mass is 10.0. The van der Waals surface area contributed by atoms with Crippen LogP contribution in [0, 0.1) is 0 Å². The summed E-state index contributed by atoms with van der Waals surface area (Å²) in [6, 6.07) is 10.4. The fourth-order valence-corrected chi connectivity index (χ4v) is 3.46. The second kappa shape index (κ2) is 4.59. The minimum absolute atomic E-state index is 0.277. The van der Waals surface area contributed by atoms with E-state index in [1.807, 2.05) is 6.07 Å². The molecule has 1 atom stereocenters. The molecule has 2 aromatic rings. The average molecular weight is 245 g/mol. The highest BCUT2D eigenvalue weighted by Crippen LogP contribution is 2.34. The van der Waals surface area contributed by atoms with Crippen molar-refractivity contribution in [2.24, 2.45) is 0 Å². The molecular formula is C14H15NOS. The first-order valence-electron chi connectivity index (χ1n) is 6.03. The molecule has 88 valence electrons. The van der Waals surface area contributed by atoms with Crippen molar-refractivity contribution >= 4 is 11.3 Å². The zero-order valence-electron chi connectivity index (χ0n) is 9.60. The number of fused-ring (bicyclic) bond motifs is 1. The van der Waals surface area contributed by atoms with Crippen molar-refractivity contribution in [1.82, 2.24) is 4.98 Å². The molecule has 0 amide bonds. The van der Waals surface area contributed by atoms with Gasteiger partial charge in [0.25, 0.3) is 0 Å². The van der Waals surface area contributed by atoms with Crippen LogP contribution in [0.5, 0.6) is 0 Å². The molecule has 1 aromatic carbocycles. The van der Waals surface area contributed by atoms with Crippen molar-refractivity contribution < 1.29 is 5.11 Å². The largest absolute Gasteiger partial charge is 0.388 e. The van der Waals surface area contributed by atoms with E-state index in [1.54, 1.807) is 11.3 Å². The molecule has 1 unspecified atom stereocenters. The first-order valence-corrected chi connectivity index (χ1v) is 6.85. The molecule has 0 spiro atoms. The molecule has 3 heteroatoms. The van der Waals surface area contributed by atoms with E-state index in [2.05, 4.69) is 29.2 Å². The molecule has 1 heterocycles. The quantitative estimate of drug-likeness (QED) is 0.882. The molecule has 1 aliphatic carbocycles. The summed E-state index contributed by atoms with van der Waals surface area (Å²) < 4.78 is 0. The van der Waals surface area contributed by atoms with E-state index >= 15 is 0 Å². The number of aromatic nitrogens is 1. The van der Waals surface area contributed by atoms with Gasteiger partial charge in [0.05, 0.1) is 21.7 Å². The molecule has 1 N–H and O–H groups in total. The van der Waals surface area contributed by atoms with Gasteiger partial charge in [-0.25, -0.2) is 4.98 Å². The molecule has 3 rings (SSSR count). The molecule has 0 saturated carbocycles. The van der Waals surface area contributed by atoms with Gasteiger partial charge in [0, 0.05) is 6.42 Å². The van der Waals surface area contributed by atoms with Crippen molar-refractivity contribution in [2.75, 3.05) is 0 Å². The smallest absolute Gasteiger partial charge is 0.0975 e. The Morgan fingerprint density at radius 1 is 1.29 bits per heavy atom. The molecule has 2 nitrogen and oxygen atoms in total. The van der Waals surface area contributed by atoms with Gasteiger partial charge in [-0.15, -0.1) is 11.3 Å². The highest BCUT2D eigenvalue weighted by atomic mass is 32.1. The Hall–Kier alpha value is -1.19. The van der Waals surface area contributed by atoms with E-state index in [-0.39, 0.29) is 6.10 Å². The lowest BCUT2D eigenvalue weighted by molar-refractivity contribution is 0.160. The Bertz CT molecular complexity index is 506. The van der Waals surface area contributed by atoms with Gasteiger partial charge in [0.1, 0.15) is 0 Å². The van der Waals surface area contributed by atoms with Gasteiger partial charge in [-0.1, -0.05) is 30.3 Å². The van der Waals surface area contributed by atoms with E-state index in [1.165, 1.54) is 5.56 Å². The Morgan fingerprint density at radius 2 is 2.12 bits per heavy atom. The molecule has 0 aliphatic heterocycles. The van der Waals surface area contributed by atoms with E-state index in [0.717, 1.165) is 41.3 Å². The number of hydrogen-bond donors (Lipinski definition) is 1. The van der Waals surface area contributed by atoms with Crippen LogP contribution in [0.3, 0.4) is 0 Å². The average Bonchev–Trinajstić information content (AvgIpc) is 2.74. The van der Waals surface area contributed by atoms with Crippen LogP contribution in [-0.4, -0.2) is 10.1 Å². The zero-order valence-corrected chi connectivity index (χ0v) is 10.4. The summed E-state index contributed by atoms with van der Waals surface area (Å²) >= 11 is 1.68. The summed E-state index contributed by atoms with van der Waals surface area (Å²) in [7, 11) is 0. The van der Waals surface area contributed by atoms with Gasteiger partial charge in [0.2, 0.25) is 0 Å². The lowest BCUT2D eigenvalue weighted by Crippen LogP contribution is -2.06. The van der Waals surface area contributed by atoms with Crippen LogP contribution in [0.15, 0.2) is 30.3 Å². The van der Waals surface area contributed by atoms with E-state index in [9.17, 15) is 5.11 Å². The van der Waals surface area contributed by atoms with E-state index in [4.69, 9.17) is 0 Å². The number of thiazole rings is 1. The minimum Gasteiger partial charge on any atom is -0.388 e. The Balaban J connectivity index is 1.85. The van der Waals surface area contributed by atoms with Gasteiger partial charge < -0.3 is 5.11 Å². The van der Waals surface area contributed by atoms with Crippen LogP contribution in [0.4, 0.5) is 0 Å². The summed E-state index contributed by atoms with van der Waals surface area (Å²) in [5.74, 6) is 0. The van der Waals surface area contributed by atoms with Crippen LogP contribution in [0.25, 0.3) is 0 Å². The van der Waals surface area contributed by atoms with Crippen LogP contribution < -0.4 is 0 Å². The number of aliphatic hydroxyl groups is 1. The molecule has 1 aliphatic rings. The van der Waals surface area contributed by atoms with Crippen molar-refractivity contribution in [1.29, 1.82) is 0 Å². The first-order chi connectivity index (χ1) is 8.33. The van der Waals surface area contributed by atoms with E-state index < -0.39 is 0 Å². The third kappa shape index (κ3) is 2.26. The lowest BCUT2D eigenvalue weighted by Gasteiger charge is -2.14. The van der Waals surface area contributed by atoms with Crippen molar-refractivity contribution in [3.05, 3.63) is 51.5 Å². The number of aliphatic hydroxyl groups excluding tert-OH is 1. The SMILES string of the molecule is OC1CCCc2nc(Cc3ccccc3)sc21. The number of benzene rings is 1.